The van der Waals surface area contributed by atoms with Gasteiger partial charge in [0.15, 0.2) is 0 Å². The van der Waals surface area contributed by atoms with Crippen molar-refractivity contribution in [2.24, 2.45) is 0 Å². The number of methoxy groups -OCH3 is 1. The van der Waals surface area contributed by atoms with E-state index < -0.39 is 5.60 Å². The van der Waals surface area contributed by atoms with Crippen LogP contribution in [0.25, 0.3) is 11.3 Å². The van der Waals surface area contributed by atoms with Crippen molar-refractivity contribution in [2.45, 2.75) is 18.4 Å². The standard InChI is InChI=1S/C19H20N4O4/c1-26-16(24)14-4-2-13(3-5-14)15-6-9-20-17(22-15)23-10-7-19(8-11-23)12-21-18(25)27-19/h2-6,9H,7-8,10-12H2,1H3,(H,21,25). The summed E-state index contributed by atoms with van der Waals surface area (Å²) >= 11 is 0. The second-order valence-electron chi connectivity index (χ2n) is 6.72. The number of hydrogen-bond donors (Lipinski definition) is 1. The molecule has 0 radical (unpaired) electrons. The lowest BCUT2D eigenvalue weighted by Crippen LogP contribution is -2.47. The van der Waals surface area contributed by atoms with Gasteiger partial charge in [0.1, 0.15) is 5.60 Å². The third-order valence-corrected chi connectivity index (χ3v) is 5.07. The summed E-state index contributed by atoms with van der Waals surface area (Å²) in [6.07, 6.45) is 2.88. The third kappa shape index (κ3) is 3.42. The van der Waals surface area contributed by atoms with Crippen molar-refractivity contribution in [1.82, 2.24) is 15.3 Å². The number of amides is 1. The van der Waals surface area contributed by atoms with E-state index in [1.54, 1.807) is 18.3 Å². The van der Waals surface area contributed by atoms with Crippen LogP contribution in [0.15, 0.2) is 36.5 Å². The Morgan fingerprint density at radius 3 is 2.59 bits per heavy atom. The van der Waals surface area contributed by atoms with Gasteiger partial charge < -0.3 is 19.7 Å². The van der Waals surface area contributed by atoms with Crippen molar-refractivity contribution in [3.63, 3.8) is 0 Å². The molecule has 2 aliphatic heterocycles. The Morgan fingerprint density at radius 1 is 1.22 bits per heavy atom. The molecule has 0 bridgehead atoms. The molecule has 27 heavy (non-hydrogen) atoms. The highest BCUT2D eigenvalue weighted by molar-refractivity contribution is 5.89. The second kappa shape index (κ2) is 6.86. The Bertz CT molecular complexity index is 860. The van der Waals surface area contributed by atoms with Crippen molar-refractivity contribution in [3.05, 3.63) is 42.1 Å². The molecule has 140 valence electrons. The highest BCUT2D eigenvalue weighted by atomic mass is 16.6. The molecular weight excluding hydrogens is 348 g/mol. The molecule has 8 nitrogen and oxygen atoms in total. The number of ether oxygens (including phenoxy) is 2. The second-order valence-corrected chi connectivity index (χ2v) is 6.72. The van der Waals surface area contributed by atoms with Gasteiger partial charge in [0.2, 0.25) is 5.95 Å². The maximum Gasteiger partial charge on any atom is 0.407 e. The Labute approximate surface area is 156 Å². The Morgan fingerprint density at radius 2 is 1.96 bits per heavy atom. The number of carbonyl (C=O) groups is 2. The van der Waals surface area contributed by atoms with Crippen molar-refractivity contribution < 1.29 is 19.1 Å². The lowest BCUT2D eigenvalue weighted by atomic mass is 9.92. The van der Waals surface area contributed by atoms with E-state index in [2.05, 4.69) is 20.2 Å². The molecule has 1 aromatic heterocycles. The SMILES string of the molecule is COC(=O)c1ccc(-c2ccnc(N3CCC4(CC3)CNC(=O)O4)n2)cc1. The smallest absolute Gasteiger partial charge is 0.407 e. The van der Waals surface area contributed by atoms with Crippen molar-refractivity contribution >= 4 is 18.0 Å². The molecule has 1 aromatic carbocycles. The highest BCUT2D eigenvalue weighted by Crippen LogP contribution is 2.31. The van der Waals surface area contributed by atoms with E-state index in [0.29, 0.717) is 18.1 Å². The van der Waals surface area contributed by atoms with Gasteiger partial charge in [-0.2, -0.15) is 0 Å². The number of anilines is 1. The number of hydrogen-bond acceptors (Lipinski definition) is 7. The molecule has 0 aliphatic carbocycles. The molecule has 1 spiro atoms. The lowest BCUT2D eigenvalue weighted by molar-refractivity contribution is 0.0364. The number of alkyl carbamates (subject to hydrolysis) is 1. The number of rotatable bonds is 3. The van der Waals surface area contributed by atoms with Crippen LogP contribution in [0.2, 0.25) is 0 Å². The molecule has 0 atom stereocenters. The van der Waals surface area contributed by atoms with Gasteiger partial charge in [-0.15, -0.1) is 0 Å². The van der Waals surface area contributed by atoms with Gasteiger partial charge in [-0.25, -0.2) is 19.6 Å². The lowest BCUT2D eigenvalue weighted by Gasteiger charge is -2.37. The number of nitrogens with zero attached hydrogens (tertiary/aromatic N) is 3. The van der Waals surface area contributed by atoms with Crippen LogP contribution in [0.4, 0.5) is 10.7 Å². The van der Waals surface area contributed by atoms with Crippen molar-refractivity contribution in [2.75, 3.05) is 31.6 Å². The normalized spacial score (nSPS) is 18.1. The zero-order chi connectivity index (χ0) is 18.9. The van der Waals surface area contributed by atoms with E-state index in [1.165, 1.54) is 7.11 Å². The summed E-state index contributed by atoms with van der Waals surface area (Å²) in [5.74, 6) is 0.283. The molecule has 0 unspecified atom stereocenters. The van der Waals surface area contributed by atoms with E-state index in [0.717, 1.165) is 37.2 Å². The number of aromatic nitrogens is 2. The first-order chi connectivity index (χ1) is 13.1. The summed E-state index contributed by atoms with van der Waals surface area (Å²) in [5, 5.41) is 2.74. The van der Waals surface area contributed by atoms with Gasteiger partial charge in [0.05, 0.1) is 24.9 Å². The Kier molecular flexibility index (Phi) is 4.39. The monoisotopic (exact) mass is 368 g/mol. The van der Waals surface area contributed by atoms with Crippen molar-refractivity contribution in [1.29, 1.82) is 0 Å². The number of benzene rings is 1. The van der Waals surface area contributed by atoms with Gasteiger partial charge >= 0.3 is 12.1 Å². The number of piperidine rings is 1. The predicted molar refractivity (Wildman–Crippen MR) is 97.5 cm³/mol. The van der Waals surface area contributed by atoms with E-state index in [-0.39, 0.29) is 12.1 Å². The fraction of sp³-hybridized carbons (Fsp3) is 0.368. The minimum absolute atomic E-state index is 0.336. The maximum atomic E-state index is 11.6. The summed E-state index contributed by atoms with van der Waals surface area (Å²) in [4.78, 5) is 34.1. The van der Waals surface area contributed by atoms with Crippen LogP contribution in [-0.2, 0) is 9.47 Å². The number of esters is 1. The molecule has 2 aromatic rings. The largest absolute Gasteiger partial charge is 0.465 e. The number of nitrogens with one attached hydrogen (secondary N) is 1. The zero-order valence-corrected chi connectivity index (χ0v) is 15.0. The minimum atomic E-state index is -0.394. The topological polar surface area (TPSA) is 93.7 Å². The molecule has 2 fully saturated rings. The minimum Gasteiger partial charge on any atom is -0.465 e. The molecule has 8 heteroatoms. The molecule has 4 rings (SSSR count). The Balaban J connectivity index is 1.48. The molecule has 3 heterocycles. The molecule has 2 saturated heterocycles. The molecule has 1 N–H and O–H groups in total. The average Bonchev–Trinajstić information content (AvgIpc) is 3.08. The summed E-state index contributed by atoms with van der Waals surface area (Å²) in [5.41, 5.74) is 1.78. The third-order valence-electron chi connectivity index (χ3n) is 5.07. The average molecular weight is 368 g/mol. The molecular formula is C19H20N4O4. The van der Waals surface area contributed by atoms with Crippen LogP contribution in [0.3, 0.4) is 0 Å². The molecule has 0 saturated carbocycles. The quantitative estimate of drug-likeness (QED) is 0.828. The molecule has 2 aliphatic rings. The van der Waals surface area contributed by atoms with Gasteiger partial charge in [-0.1, -0.05) is 12.1 Å². The Hall–Kier alpha value is -3.16. The van der Waals surface area contributed by atoms with Crippen molar-refractivity contribution in [3.8, 4) is 11.3 Å². The van der Waals surface area contributed by atoms with E-state index >= 15 is 0 Å². The highest BCUT2D eigenvalue weighted by Gasteiger charge is 2.43. The summed E-state index contributed by atoms with van der Waals surface area (Å²) in [6, 6.07) is 8.95. The van der Waals surface area contributed by atoms with Gasteiger partial charge in [0.25, 0.3) is 0 Å². The van der Waals surface area contributed by atoms with Gasteiger partial charge in [-0.3, -0.25) is 0 Å². The summed E-state index contributed by atoms with van der Waals surface area (Å²) < 4.78 is 10.2. The fourth-order valence-corrected chi connectivity index (χ4v) is 3.45. The predicted octanol–water partition coefficient (Wildman–Crippen LogP) is 2.01. The van der Waals surface area contributed by atoms with Crippen LogP contribution in [0.5, 0.6) is 0 Å². The zero-order valence-electron chi connectivity index (χ0n) is 15.0. The van der Waals surface area contributed by atoms with E-state index in [1.807, 2.05) is 18.2 Å². The maximum absolute atomic E-state index is 11.6. The summed E-state index contributed by atoms with van der Waals surface area (Å²) in [7, 11) is 1.36. The van der Waals surface area contributed by atoms with Crippen LogP contribution in [0, 0.1) is 0 Å². The van der Waals surface area contributed by atoms with Crippen LogP contribution in [0.1, 0.15) is 23.2 Å². The van der Waals surface area contributed by atoms with E-state index in [9.17, 15) is 9.59 Å². The summed E-state index contributed by atoms with van der Waals surface area (Å²) in [6.45, 7) is 2.01. The van der Waals surface area contributed by atoms with Gasteiger partial charge in [-0.05, 0) is 18.2 Å². The first kappa shape index (κ1) is 17.3. The first-order valence-corrected chi connectivity index (χ1v) is 8.82. The number of carbonyl (C=O) groups excluding carboxylic acids is 2. The fourth-order valence-electron chi connectivity index (χ4n) is 3.45. The van der Waals surface area contributed by atoms with Gasteiger partial charge in [0, 0.05) is 37.7 Å². The van der Waals surface area contributed by atoms with Crippen LogP contribution in [-0.4, -0.2) is 54.4 Å². The van der Waals surface area contributed by atoms with Crippen LogP contribution < -0.4 is 10.2 Å². The molecule has 1 amide bonds. The first-order valence-electron chi connectivity index (χ1n) is 8.82. The van der Waals surface area contributed by atoms with Crippen LogP contribution >= 0.6 is 0 Å². The van der Waals surface area contributed by atoms with E-state index in [4.69, 9.17) is 9.47 Å².